The lowest BCUT2D eigenvalue weighted by atomic mass is 9.73. The molecule has 1 aliphatic heterocycles. The summed E-state index contributed by atoms with van der Waals surface area (Å²) in [5.74, 6) is 2.01. The summed E-state index contributed by atoms with van der Waals surface area (Å²) in [5, 5.41) is 25.7. The number of fused-ring (bicyclic) bond motifs is 2. The number of aryl methyl sites for hydroxylation is 1. The number of methoxy groups -OCH3 is 1. The Hall–Kier alpha value is -3.10. The summed E-state index contributed by atoms with van der Waals surface area (Å²) in [4.78, 5) is 8.93. The highest BCUT2D eigenvalue weighted by atomic mass is 16.6. The van der Waals surface area contributed by atoms with Crippen LogP contribution in [-0.4, -0.2) is 58.3 Å². The van der Waals surface area contributed by atoms with Crippen molar-refractivity contribution >= 4 is 16.7 Å². The Morgan fingerprint density at radius 1 is 0.971 bits per heavy atom. The summed E-state index contributed by atoms with van der Waals surface area (Å²) >= 11 is 0. The smallest absolute Gasteiger partial charge is 0.213 e. The molecule has 2 aromatic heterocycles. The van der Waals surface area contributed by atoms with Gasteiger partial charge in [-0.1, -0.05) is 0 Å². The summed E-state index contributed by atoms with van der Waals surface area (Å²) < 4.78 is 16.5. The highest BCUT2D eigenvalue weighted by Gasteiger charge is 2.40. The molecule has 8 nitrogen and oxygen atoms in total. The van der Waals surface area contributed by atoms with Crippen LogP contribution < -0.4 is 19.5 Å². The average molecular weight is 466 g/mol. The van der Waals surface area contributed by atoms with Gasteiger partial charge in [0.1, 0.15) is 13.2 Å². The van der Waals surface area contributed by atoms with Gasteiger partial charge in [-0.2, -0.15) is 0 Å². The lowest BCUT2D eigenvalue weighted by Gasteiger charge is -2.41. The molecule has 0 unspecified atom stereocenters. The van der Waals surface area contributed by atoms with E-state index in [2.05, 4.69) is 15.3 Å². The minimum absolute atomic E-state index is 0.418. The van der Waals surface area contributed by atoms with E-state index in [4.69, 9.17) is 14.2 Å². The number of nitrogens with one attached hydrogen (secondary N) is 1. The van der Waals surface area contributed by atoms with E-state index in [9.17, 15) is 10.2 Å². The van der Waals surface area contributed by atoms with E-state index < -0.39 is 11.2 Å². The van der Waals surface area contributed by atoms with Crippen LogP contribution in [0.1, 0.15) is 37.7 Å². The van der Waals surface area contributed by atoms with Gasteiger partial charge in [0.25, 0.3) is 0 Å². The Labute approximate surface area is 198 Å². The monoisotopic (exact) mass is 465 g/mol. The number of pyridine rings is 2. The van der Waals surface area contributed by atoms with Crippen molar-refractivity contribution in [2.45, 2.75) is 49.7 Å². The molecule has 0 bridgehead atoms. The first-order valence-corrected chi connectivity index (χ1v) is 11.8. The minimum atomic E-state index is -0.863. The molecular formula is C26H31N3O5. The molecule has 0 spiro atoms. The van der Waals surface area contributed by atoms with E-state index in [0.29, 0.717) is 64.2 Å². The third-order valence-corrected chi connectivity index (χ3v) is 6.99. The molecule has 0 radical (unpaired) electrons. The molecule has 3 N–H and O–H groups in total. The van der Waals surface area contributed by atoms with Crippen LogP contribution in [0, 0.1) is 0 Å². The maximum absolute atomic E-state index is 11.2. The molecule has 0 atom stereocenters. The molecule has 1 aliphatic carbocycles. The Balaban J connectivity index is 1.18. The molecule has 2 aliphatic rings. The van der Waals surface area contributed by atoms with Crippen molar-refractivity contribution in [3.63, 3.8) is 0 Å². The standard InChI is InChI=1S/C26H31N3O5/c1-32-23-5-3-20-24(29-23)18(7-13-27-20)6-8-25(30)9-11-26(31,12-10-25)17-28-19-2-4-21-22(16-19)34-15-14-33-21/h2-5,7,13,16,28,30-31H,6,8-12,14-15,17H2,1H3/t25-,26-. The average Bonchev–Trinajstić information content (AvgIpc) is 2.88. The molecule has 1 fully saturated rings. The van der Waals surface area contributed by atoms with Crippen LogP contribution in [0.25, 0.3) is 11.0 Å². The van der Waals surface area contributed by atoms with Gasteiger partial charge in [0.05, 0.1) is 29.3 Å². The van der Waals surface area contributed by atoms with Crippen LogP contribution in [0.2, 0.25) is 0 Å². The van der Waals surface area contributed by atoms with Crippen LogP contribution in [0.4, 0.5) is 5.69 Å². The van der Waals surface area contributed by atoms with E-state index in [-0.39, 0.29) is 0 Å². The lowest BCUT2D eigenvalue weighted by Crippen LogP contribution is -2.46. The van der Waals surface area contributed by atoms with Crippen LogP contribution in [0.3, 0.4) is 0 Å². The number of hydrogen-bond donors (Lipinski definition) is 3. The van der Waals surface area contributed by atoms with Gasteiger partial charge in [0.2, 0.25) is 5.88 Å². The molecular weight excluding hydrogens is 434 g/mol. The first kappa shape index (κ1) is 22.7. The lowest BCUT2D eigenvalue weighted by molar-refractivity contribution is -0.0777. The van der Waals surface area contributed by atoms with Crippen molar-refractivity contribution in [1.82, 2.24) is 9.97 Å². The maximum Gasteiger partial charge on any atom is 0.213 e. The fourth-order valence-electron chi connectivity index (χ4n) is 4.77. The number of hydrogen-bond acceptors (Lipinski definition) is 8. The van der Waals surface area contributed by atoms with Crippen LogP contribution in [0.5, 0.6) is 17.4 Å². The van der Waals surface area contributed by atoms with Gasteiger partial charge in [0.15, 0.2) is 11.5 Å². The molecule has 5 rings (SSSR count). The van der Waals surface area contributed by atoms with Gasteiger partial charge in [-0.15, -0.1) is 0 Å². The molecule has 8 heteroatoms. The summed E-state index contributed by atoms with van der Waals surface area (Å²) in [6, 6.07) is 11.4. The first-order chi connectivity index (χ1) is 16.5. The number of aliphatic hydroxyl groups is 2. The summed E-state index contributed by atoms with van der Waals surface area (Å²) in [6.07, 6.45) is 5.23. The van der Waals surface area contributed by atoms with Gasteiger partial charge in [-0.3, -0.25) is 4.98 Å². The zero-order chi connectivity index (χ0) is 23.6. The predicted octanol–water partition coefficient (Wildman–Crippen LogP) is 3.49. The second-order valence-corrected chi connectivity index (χ2v) is 9.35. The van der Waals surface area contributed by atoms with Crippen LogP contribution >= 0.6 is 0 Å². The molecule has 3 heterocycles. The summed E-state index contributed by atoms with van der Waals surface area (Å²) in [5.41, 5.74) is 1.87. The number of anilines is 1. The van der Waals surface area contributed by atoms with E-state index in [1.807, 2.05) is 30.3 Å². The Bertz CT molecular complexity index is 1160. The number of aromatic nitrogens is 2. The van der Waals surface area contributed by atoms with Crippen LogP contribution in [0.15, 0.2) is 42.6 Å². The third-order valence-electron chi connectivity index (χ3n) is 6.99. The van der Waals surface area contributed by atoms with Crippen molar-refractivity contribution in [1.29, 1.82) is 0 Å². The Kier molecular flexibility index (Phi) is 6.18. The van der Waals surface area contributed by atoms with Crippen molar-refractivity contribution in [3.8, 4) is 17.4 Å². The zero-order valence-electron chi connectivity index (χ0n) is 19.4. The number of ether oxygens (including phenoxy) is 3. The third kappa shape index (κ3) is 4.88. The van der Waals surface area contributed by atoms with E-state index in [0.717, 1.165) is 33.8 Å². The highest BCUT2D eigenvalue weighted by Crippen LogP contribution is 2.39. The molecule has 0 saturated heterocycles. The van der Waals surface area contributed by atoms with Crippen molar-refractivity contribution in [3.05, 3.63) is 48.2 Å². The number of nitrogens with zero attached hydrogens (tertiary/aromatic N) is 2. The van der Waals surface area contributed by atoms with E-state index >= 15 is 0 Å². The molecule has 3 aromatic rings. The molecule has 34 heavy (non-hydrogen) atoms. The quantitative estimate of drug-likeness (QED) is 0.487. The SMILES string of the molecule is COc1ccc2nccc(CC[C@]3(O)CC[C@@](O)(CNc4ccc5c(c4)OCCO5)CC3)c2n1. The molecule has 0 amide bonds. The van der Waals surface area contributed by atoms with Gasteiger partial charge in [-0.25, -0.2) is 4.98 Å². The second kappa shape index (κ2) is 9.27. The van der Waals surface area contributed by atoms with Crippen molar-refractivity contribution in [2.75, 3.05) is 32.2 Å². The molecule has 1 aromatic carbocycles. The normalized spacial score (nSPS) is 24.1. The largest absolute Gasteiger partial charge is 0.486 e. The van der Waals surface area contributed by atoms with Crippen LogP contribution in [-0.2, 0) is 6.42 Å². The Morgan fingerprint density at radius 3 is 2.53 bits per heavy atom. The maximum atomic E-state index is 11.2. The second-order valence-electron chi connectivity index (χ2n) is 9.35. The Morgan fingerprint density at radius 2 is 1.74 bits per heavy atom. The zero-order valence-corrected chi connectivity index (χ0v) is 19.4. The van der Waals surface area contributed by atoms with Crippen molar-refractivity contribution < 1.29 is 24.4 Å². The van der Waals surface area contributed by atoms with Crippen molar-refractivity contribution in [2.24, 2.45) is 0 Å². The fourth-order valence-corrected chi connectivity index (χ4v) is 4.77. The van der Waals surface area contributed by atoms with Gasteiger partial charge in [0, 0.05) is 30.6 Å². The highest BCUT2D eigenvalue weighted by molar-refractivity contribution is 5.78. The molecule has 1 saturated carbocycles. The number of benzene rings is 1. The number of rotatable bonds is 7. The minimum Gasteiger partial charge on any atom is -0.486 e. The fraction of sp³-hybridized carbons (Fsp3) is 0.462. The molecule has 180 valence electrons. The summed E-state index contributed by atoms with van der Waals surface area (Å²) in [7, 11) is 1.60. The summed E-state index contributed by atoms with van der Waals surface area (Å²) in [6.45, 7) is 1.52. The van der Waals surface area contributed by atoms with Gasteiger partial charge >= 0.3 is 0 Å². The van der Waals surface area contributed by atoms with E-state index in [1.54, 1.807) is 19.4 Å². The van der Waals surface area contributed by atoms with Gasteiger partial charge < -0.3 is 29.7 Å². The first-order valence-electron chi connectivity index (χ1n) is 11.8. The topological polar surface area (TPSA) is 106 Å². The predicted molar refractivity (Wildman–Crippen MR) is 129 cm³/mol. The van der Waals surface area contributed by atoms with Gasteiger partial charge in [-0.05, 0) is 68.4 Å². The van der Waals surface area contributed by atoms with E-state index in [1.165, 1.54) is 0 Å².